The van der Waals surface area contributed by atoms with Crippen LogP contribution in [0.5, 0.6) is 28.7 Å². The molecule has 0 saturated carbocycles. The molecule has 0 fully saturated rings. The van der Waals surface area contributed by atoms with E-state index in [9.17, 15) is 21.2 Å². The number of aryl methyl sites for hydroxylation is 1. The van der Waals surface area contributed by atoms with Crippen LogP contribution in [0, 0.1) is 12.7 Å². The van der Waals surface area contributed by atoms with Crippen LogP contribution in [0.25, 0.3) is 22.3 Å². The van der Waals surface area contributed by atoms with Crippen molar-refractivity contribution >= 4 is 20.2 Å². The second-order valence-electron chi connectivity index (χ2n) is 9.38. The molecule has 0 spiro atoms. The van der Waals surface area contributed by atoms with Crippen LogP contribution < -0.4 is 22.6 Å². The molecule has 12 heteroatoms. The number of benzene rings is 4. The van der Waals surface area contributed by atoms with Crippen LogP contribution in [0.4, 0.5) is 4.39 Å². The predicted molar refractivity (Wildman–Crippen MR) is 157 cm³/mol. The monoisotopic (exact) mass is 616 g/mol. The highest BCUT2D eigenvalue weighted by Crippen LogP contribution is 2.51. The molecule has 4 aromatic carbocycles. The summed E-state index contributed by atoms with van der Waals surface area (Å²) in [7, 11) is -5.46. The molecule has 0 atom stereocenters. The van der Waals surface area contributed by atoms with Gasteiger partial charge in [-0.3, -0.25) is 0 Å². The maximum absolute atomic E-state index is 14.1. The first kappa shape index (κ1) is 30.7. The zero-order valence-corrected chi connectivity index (χ0v) is 25.1. The minimum Gasteiger partial charge on any atom is -0.496 e. The van der Waals surface area contributed by atoms with Gasteiger partial charge in [-0.25, -0.2) is 4.39 Å². The molecule has 222 valence electrons. The largest absolute Gasteiger partial charge is 0.496 e. The normalized spacial score (nSPS) is 11.6. The third kappa shape index (κ3) is 7.51. The van der Waals surface area contributed by atoms with E-state index in [2.05, 4.69) is 0 Å². The fourth-order valence-electron chi connectivity index (χ4n) is 4.21. The summed E-state index contributed by atoms with van der Waals surface area (Å²) < 4.78 is 91.0. The van der Waals surface area contributed by atoms with E-state index in [4.69, 9.17) is 22.6 Å². The van der Waals surface area contributed by atoms with Crippen molar-refractivity contribution in [3.8, 4) is 51.0 Å². The molecule has 0 aliphatic heterocycles. The van der Waals surface area contributed by atoms with Crippen LogP contribution in [0.15, 0.2) is 72.8 Å². The van der Waals surface area contributed by atoms with E-state index < -0.39 is 26.1 Å². The van der Waals surface area contributed by atoms with Crippen molar-refractivity contribution in [3.05, 3.63) is 89.7 Å². The number of halogens is 1. The highest BCUT2D eigenvalue weighted by Gasteiger charge is 2.27. The summed E-state index contributed by atoms with van der Waals surface area (Å²) >= 11 is 0. The number of rotatable bonds is 11. The molecule has 0 unspecified atom stereocenters. The second kappa shape index (κ2) is 12.3. The van der Waals surface area contributed by atoms with Crippen molar-refractivity contribution in [1.82, 2.24) is 0 Å². The van der Waals surface area contributed by atoms with Gasteiger partial charge in [0.05, 0.1) is 32.3 Å². The molecule has 0 aromatic heterocycles. The van der Waals surface area contributed by atoms with Crippen LogP contribution in [-0.4, -0.2) is 43.6 Å². The van der Waals surface area contributed by atoms with Crippen LogP contribution in [0.1, 0.15) is 11.1 Å². The number of hydrogen-bond acceptors (Lipinski definition) is 9. The van der Waals surface area contributed by atoms with Gasteiger partial charge in [0.15, 0.2) is 23.0 Å². The summed E-state index contributed by atoms with van der Waals surface area (Å²) in [6, 6.07) is 19.2. The molecule has 0 amide bonds. The molecule has 4 rings (SSSR count). The van der Waals surface area contributed by atoms with Crippen molar-refractivity contribution < 1.29 is 43.8 Å². The van der Waals surface area contributed by atoms with Gasteiger partial charge < -0.3 is 22.6 Å². The van der Waals surface area contributed by atoms with Gasteiger partial charge in [0, 0.05) is 5.56 Å². The van der Waals surface area contributed by atoms with Gasteiger partial charge in [-0.05, 0) is 53.9 Å². The fraction of sp³-hybridized carbons (Fsp3) is 0.200. The van der Waals surface area contributed by atoms with Crippen LogP contribution in [-0.2, 0) is 26.8 Å². The molecule has 42 heavy (non-hydrogen) atoms. The van der Waals surface area contributed by atoms with Crippen LogP contribution in [0.3, 0.4) is 0 Å². The number of ether oxygens (including phenoxy) is 3. The molecule has 0 saturated heterocycles. The van der Waals surface area contributed by atoms with Crippen LogP contribution >= 0.6 is 0 Å². The van der Waals surface area contributed by atoms with Gasteiger partial charge in [0.2, 0.25) is 0 Å². The van der Waals surface area contributed by atoms with Crippen LogP contribution in [0.2, 0.25) is 0 Å². The van der Waals surface area contributed by atoms with E-state index in [1.807, 2.05) is 31.2 Å². The average Bonchev–Trinajstić information content (AvgIpc) is 2.91. The van der Waals surface area contributed by atoms with Crippen molar-refractivity contribution in [3.63, 3.8) is 0 Å². The van der Waals surface area contributed by atoms with Gasteiger partial charge in [-0.1, -0.05) is 48.0 Å². The third-order valence-corrected chi connectivity index (χ3v) is 6.93. The second-order valence-corrected chi connectivity index (χ2v) is 12.5. The van der Waals surface area contributed by atoms with E-state index in [1.54, 1.807) is 12.1 Å². The Morgan fingerprint density at radius 3 is 1.98 bits per heavy atom. The lowest BCUT2D eigenvalue weighted by Crippen LogP contribution is -2.10. The Balaban J connectivity index is 1.92. The molecular weight excluding hydrogens is 587 g/mol. The van der Waals surface area contributed by atoms with Gasteiger partial charge in [0.25, 0.3) is 0 Å². The lowest BCUT2D eigenvalue weighted by Gasteiger charge is -2.21. The first-order chi connectivity index (χ1) is 19.8. The SMILES string of the molecule is COc1cc(-c2cccc(F)c2)c(OC)c(OS(C)(=O)=O)c1-c1ccc(OCc2ccc(C)cc2)c(OS(C)(=O)=O)c1. The predicted octanol–water partition coefficient (Wildman–Crippen LogP) is 5.74. The van der Waals surface area contributed by atoms with Gasteiger partial charge in [-0.15, -0.1) is 0 Å². The highest BCUT2D eigenvalue weighted by molar-refractivity contribution is 7.86. The van der Waals surface area contributed by atoms with E-state index >= 15 is 0 Å². The molecule has 0 aliphatic carbocycles. The van der Waals surface area contributed by atoms with Crippen molar-refractivity contribution in [2.24, 2.45) is 0 Å². The molecule has 9 nitrogen and oxygen atoms in total. The molecule has 0 bridgehead atoms. The van der Waals surface area contributed by atoms with E-state index in [0.717, 1.165) is 23.6 Å². The minimum absolute atomic E-state index is 0.0212. The Kier molecular flexibility index (Phi) is 8.97. The Morgan fingerprint density at radius 1 is 0.690 bits per heavy atom. The first-order valence-electron chi connectivity index (χ1n) is 12.4. The summed E-state index contributed by atoms with van der Waals surface area (Å²) in [6.07, 6.45) is 1.75. The maximum atomic E-state index is 14.1. The Labute approximate surface area is 244 Å². The minimum atomic E-state index is -4.12. The van der Waals surface area contributed by atoms with E-state index in [0.29, 0.717) is 11.1 Å². The Hall–Kier alpha value is -4.29. The van der Waals surface area contributed by atoms with E-state index in [-0.39, 0.29) is 46.5 Å². The average molecular weight is 617 g/mol. The number of methoxy groups -OCH3 is 2. The molecule has 0 aliphatic rings. The first-order valence-corrected chi connectivity index (χ1v) is 16.1. The van der Waals surface area contributed by atoms with Gasteiger partial charge in [0.1, 0.15) is 18.2 Å². The topological polar surface area (TPSA) is 114 Å². The summed E-state index contributed by atoms with van der Waals surface area (Å²) in [4.78, 5) is 0. The fourth-order valence-corrected chi connectivity index (χ4v) is 5.13. The number of hydrogen-bond donors (Lipinski definition) is 0. The maximum Gasteiger partial charge on any atom is 0.306 e. The zero-order valence-electron chi connectivity index (χ0n) is 23.5. The molecule has 0 heterocycles. The Bertz CT molecular complexity index is 1820. The van der Waals surface area contributed by atoms with Crippen molar-refractivity contribution in [2.75, 3.05) is 26.7 Å². The highest BCUT2D eigenvalue weighted by atomic mass is 32.2. The van der Waals surface area contributed by atoms with E-state index in [1.165, 1.54) is 50.6 Å². The van der Waals surface area contributed by atoms with Crippen molar-refractivity contribution in [1.29, 1.82) is 0 Å². The summed E-state index contributed by atoms with van der Waals surface area (Å²) in [5.74, 6) is -0.691. The summed E-state index contributed by atoms with van der Waals surface area (Å²) in [5.41, 5.74) is 2.96. The molecule has 4 aromatic rings. The quantitative estimate of drug-likeness (QED) is 0.195. The standard InChI is InChI=1S/C30H29FO9S2/c1-19-9-11-20(12-10-19)18-38-25-14-13-22(16-26(25)39-41(4,32)33)28-27(36-2)17-24(21-7-6-8-23(31)15-21)29(37-3)30(28)40-42(5,34)35/h6-17H,18H2,1-5H3. The molecule has 0 radical (unpaired) electrons. The third-order valence-electron chi connectivity index (χ3n) is 5.98. The van der Waals surface area contributed by atoms with Crippen molar-refractivity contribution in [2.45, 2.75) is 13.5 Å². The molecular formula is C30H29FO9S2. The lowest BCUT2D eigenvalue weighted by molar-refractivity contribution is 0.296. The summed E-state index contributed by atoms with van der Waals surface area (Å²) in [6.45, 7) is 2.08. The van der Waals surface area contributed by atoms with Gasteiger partial charge in [-0.2, -0.15) is 16.8 Å². The van der Waals surface area contributed by atoms with Gasteiger partial charge >= 0.3 is 20.2 Å². The Morgan fingerprint density at radius 2 is 1.38 bits per heavy atom. The zero-order chi connectivity index (χ0) is 30.7. The summed E-state index contributed by atoms with van der Waals surface area (Å²) in [5, 5.41) is 0. The molecule has 0 N–H and O–H groups in total. The lowest BCUT2D eigenvalue weighted by atomic mass is 9.96. The smallest absolute Gasteiger partial charge is 0.306 e.